The van der Waals surface area contributed by atoms with Crippen LogP contribution in [0.15, 0.2) is 77.3 Å². The minimum absolute atomic E-state index is 0.125. The van der Waals surface area contributed by atoms with E-state index in [0.29, 0.717) is 6.42 Å². The molecule has 1 aromatic heterocycles. The molecule has 1 aliphatic heterocycles. The van der Waals surface area contributed by atoms with E-state index >= 15 is 0 Å². The van der Waals surface area contributed by atoms with Gasteiger partial charge in [0.15, 0.2) is 5.78 Å². The SMILES string of the molecule is COc1cccc(C2CC(=O)C3=C(C2)Nc2ccccc2NC3c2cccs2)c1. The number of anilines is 2. The topological polar surface area (TPSA) is 50.4 Å². The third-order valence-corrected chi connectivity index (χ3v) is 6.64. The number of rotatable bonds is 3. The number of fused-ring (bicyclic) bond motifs is 1. The van der Waals surface area contributed by atoms with E-state index in [2.05, 4.69) is 40.3 Å². The summed E-state index contributed by atoms with van der Waals surface area (Å²) in [5.74, 6) is 1.16. The van der Waals surface area contributed by atoms with Crippen LogP contribution < -0.4 is 15.4 Å². The lowest BCUT2D eigenvalue weighted by molar-refractivity contribution is -0.116. The number of carbonyl (C=O) groups is 1. The van der Waals surface area contributed by atoms with E-state index in [0.717, 1.165) is 45.3 Å². The number of methoxy groups -OCH3 is 1. The fourth-order valence-corrected chi connectivity index (χ4v) is 5.08. The number of carbonyl (C=O) groups excluding carboxylic acids is 1. The molecule has 0 bridgehead atoms. The van der Waals surface area contributed by atoms with Gasteiger partial charge in [0.1, 0.15) is 5.75 Å². The number of hydrogen-bond acceptors (Lipinski definition) is 5. The van der Waals surface area contributed by atoms with Crippen LogP contribution in [0, 0.1) is 0 Å². The van der Waals surface area contributed by atoms with Crippen molar-refractivity contribution in [3.63, 3.8) is 0 Å². The Morgan fingerprint density at radius 2 is 1.86 bits per heavy atom. The van der Waals surface area contributed by atoms with Crippen LogP contribution in [-0.4, -0.2) is 12.9 Å². The van der Waals surface area contributed by atoms with Gasteiger partial charge in [-0.25, -0.2) is 0 Å². The average Bonchev–Trinajstić information content (AvgIpc) is 3.22. The summed E-state index contributed by atoms with van der Waals surface area (Å²) in [5.41, 5.74) is 5.06. The van der Waals surface area contributed by atoms with Crippen LogP contribution in [0.4, 0.5) is 11.4 Å². The predicted molar refractivity (Wildman–Crippen MR) is 118 cm³/mol. The lowest BCUT2D eigenvalue weighted by Gasteiger charge is -2.29. The van der Waals surface area contributed by atoms with Crippen LogP contribution in [0.2, 0.25) is 0 Å². The predicted octanol–water partition coefficient (Wildman–Crippen LogP) is 5.74. The molecular weight excluding hydrogens is 380 g/mol. The number of hydrogen-bond donors (Lipinski definition) is 2. The van der Waals surface area contributed by atoms with Crippen molar-refractivity contribution in [2.45, 2.75) is 24.8 Å². The van der Waals surface area contributed by atoms with E-state index in [1.54, 1.807) is 18.4 Å². The summed E-state index contributed by atoms with van der Waals surface area (Å²) in [7, 11) is 1.67. The Morgan fingerprint density at radius 3 is 2.66 bits per heavy atom. The molecule has 0 amide bonds. The minimum atomic E-state index is -0.125. The van der Waals surface area contributed by atoms with Gasteiger partial charge in [0, 0.05) is 22.6 Å². The van der Waals surface area contributed by atoms with Gasteiger partial charge in [0.05, 0.1) is 24.5 Å². The van der Waals surface area contributed by atoms with Crippen molar-refractivity contribution < 1.29 is 9.53 Å². The molecule has 146 valence electrons. The Bertz CT molecular complexity index is 1090. The average molecular weight is 403 g/mol. The van der Waals surface area contributed by atoms with Gasteiger partial charge in [0.2, 0.25) is 0 Å². The largest absolute Gasteiger partial charge is 0.497 e. The zero-order valence-corrected chi connectivity index (χ0v) is 17.0. The van der Waals surface area contributed by atoms with Gasteiger partial charge in [-0.2, -0.15) is 0 Å². The van der Waals surface area contributed by atoms with Crippen LogP contribution in [0.3, 0.4) is 0 Å². The lowest BCUT2D eigenvalue weighted by Crippen LogP contribution is -2.26. The third-order valence-electron chi connectivity index (χ3n) is 5.70. The maximum absolute atomic E-state index is 13.4. The molecule has 0 saturated heterocycles. The number of ketones is 1. The summed E-state index contributed by atoms with van der Waals surface area (Å²) in [5, 5.41) is 9.26. The first kappa shape index (κ1) is 18.0. The molecule has 2 heterocycles. The fraction of sp³-hybridized carbons (Fsp3) is 0.208. The van der Waals surface area contributed by atoms with Crippen molar-refractivity contribution in [2.75, 3.05) is 17.7 Å². The number of ether oxygens (including phenoxy) is 1. The minimum Gasteiger partial charge on any atom is -0.497 e. The number of allylic oxidation sites excluding steroid dienone is 1. The molecule has 2 aliphatic rings. The Morgan fingerprint density at radius 1 is 1.00 bits per heavy atom. The monoisotopic (exact) mass is 402 g/mol. The first-order valence-corrected chi connectivity index (χ1v) is 10.7. The molecule has 0 saturated carbocycles. The highest BCUT2D eigenvalue weighted by atomic mass is 32.1. The normalized spacial score (nSPS) is 20.8. The van der Waals surface area contributed by atoms with E-state index in [9.17, 15) is 4.79 Å². The van der Waals surface area contributed by atoms with Crippen molar-refractivity contribution in [3.05, 3.63) is 87.8 Å². The molecule has 0 fully saturated rings. The second-order valence-electron chi connectivity index (χ2n) is 7.46. The summed E-state index contributed by atoms with van der Waals surface area (Å²) in [6, 6.07) is 20.2. The number of Topliss-reactive ketones (excluding diaryl/α,β-unsaturated/α-hetero) is 1. The molecule has 29 heavy (non-hydrogen) atoms. The van der Waals surface area contributed by atoms with E-state index in [4.69, 9.17) is 4.74 Å². The van der Waals surface area contributed by atoms with Crippen LogP contribution in [-0.2, 0) is 4.79 Å². The van der Waals surface area contributed by atoms with Crippen LogP contribution in [0.5, 0.6) is 5.75 Å². The van der Waals surface area contributed by atoms with Crippen molar-refractivity contribution in [1.82, 2.24) is 0 Å². The molecule has 5 heteroatoms. The summed E-state index contributed by atoms with van der Waals surface area (Å²) >= 11 is 1.68. The van der Waals surface area contributed by atoms with Gasteiger partial charge in [-0.1, -0.05) is 30.3 Å². The Balaban J connectivity index is 1.58. The van der Waals surface area contributed by atoms with Gasteiger partial charge >= 0.3 is 0 Å². The Hall–Kier alpha value is -3.05. The van der Waals surface area contributed by atoms with E-state index in [1.807, 2.05) is 36.4 Å². The molecule has 0 spiro atoms. The molecule has 1 aliphatic carbocycles. The number of nitrogens with one attached hydrogen (secondary N) is 2. The zero-order chi connectivity index (χ0) is 19.8. The molecule has 2 N–H and O–H groups in total. The van der Waals surface area contributed by atoms with E-state index in [1.165, 1.54) is 0 Å². The third kappa shape index (κ3) is 3.32. The molecule has 2 aromatic carbocycles. The van der Waals surface area contributed by atoms with Gasteiger partial charge in [-0.05, 0) is 53.6 Å². The van der Waals surface area contributed by atoms with Gasteiger partial charge in [-0.15, -0.1) is 11.3 Å². The van der Waals surface area contributed by atoms with Crippen LogP contribution in [0.25, 0.3) is 0 Å². The molecule has 2 unspecified atom stereocenters. The molecule has 3 aromatic rings. The molecule has 5 rings (SSSR count). The maximum Gasteiger partial charge on any atom is 0.163 e. The molecular formula is C24H22N2O2S. The number of benzene rings is 2. The first-order chi connectivity index (χ1) is 14.2. The number of thiophene rings is 1. The summed E-state index contributed by atoms with van der Waals surface area (Å²) in [6.07, 6.45) is 1.31. The summed E-state index contributed by atoms with van der Waals surface area (Å²) in [4.78, 5) is 14.6. The molecule has 4 nitrogen and oxygen atoms in total. The Labute approximate surface area is 174 Å². The maximum atomic E-state index is 13.4. The van der Waals surface area contributed by atoms with Crippen molar-refractivity contribution in [3.8, 4) is 5.75 Å². The fourth-order valence-electron chi connectivity index (χ4n) is 4.29. The van der Waals surface area contributed by atoms with E-state index < -0.39 is 0 Å². The smallest absolute Gasteiger partial charge is 0.163 e. The van der Waals surface area contributed by atoms with Crippen LogP contribution in [0.1, 0.15) is 35.2 Å². The van der Waals surface area contributed by atoms with Crippen molar-refractivity contribution >= 4 is 28.5 Å². The standard InChI is InChI=1S/C24H22N2O2S/c1-28-17-7-4-6-15(12-17)16-13-20-23(21(27)14-16)24(22-10-5-11-29-22)26-19-9-3-2-8-18(19)25-20/h2-12,16,24-26H,13-14H2,1H3. The van der Waals surface area contributed by atoms with Gasteiger partial charge < -0.3 is 15.4 Å². The second kappa shape index (κ2) is 7.41. The molecule has 0 radical (unpaired) electrons. The molecule has 2 atom stereocenters. The Kier molecular flexibility index (Phi) is 4.60. The van der Waals surface area contributed by atoms with Crippen LogP contribution >= 0.6 is 11.3 Å². The lowest BCUT2D eigenvalue weighted by atomic mass is 9.79. The quantitative estimate of drug-likeness (QED) is 0.587. The second-order valence-corrected chi connectivity index (χ2v) is 8.44. The summed E-state index contributed by atoms with van der Waals surface area (Å²) < 4.78 is 5.39. The summed E-state index contributed by atoms with van der Waals surface area (Å²) in [6.45, 7) is 0. The first-order valence-electron chi connectivity index (χ1n) is 9.79. The van der Waals surface area contributed by atoms with Crippen molar-refractivity contribution in [2.24, 2.45) is 0 Å². The number of para-hydroxylation sites is 2. The van der Waals surface area contributed by atoms with E-state index in [-0.39, 0.29) is 17.7 Å². The highest BCUT2D eigenvalue weighted by molar-refractivity contribution is 7.10. The van der Waals surface area contributed by atoms with Crippen molar-refractivity contribution in [1.29, 1.82) is 0 Å². The van der Waals surface area contributed by atoms with Gasteiger partial charge in [-0.3, -0.25) is 4.79 Å². The zero-order valence-electron chi connectivity index (χ0n) is 16.1. The highest BCUT2D eigenvalue weighted by Gasteiger charge is 2.36. The highest BCUT2D eigenvalue weighted by Crippen LogP contribution is 2.45. The van der Waals surface area contributed by atoms with Gasteiger partial charge in [0.25, 0.3) is 0 Å².